The molecule has 4 aromatic rings. The second-order valence-corrected chi connectivity index (χ2v) is 12.5. The zero-order valence-electron chi connectivity index (χ0n) is 25.5. The highest BCUT2D eigenvalue weighted by molar-refractivity contribution is 6.02. The van der Waals surface area contributed by atoms with E-state index in [9.17, 15) is 4.79 Å². The molecule has 222 valence electrons. The SMILES string of the molecule is CCN1CCCC1COc1ccc2cc(-c3nn([C@@H]4CCCCO4)c4ccc(C(=O)NC(C)(C)CC)cc34)ccc2c1. The third kappa shape index (κ3) is 5.90. The van der Waals surface area contributed by atoms with E-state index < -0.39 is 0 Å². The van der Waals surface area contributed by atoms with Crippen molar-refractivity contribution in [2.75, 3.05) is 26.3 Å². The number of benzene rings is 3. The third-order valence-corrected chi connectivity index (χ3v) is 9.17. The van der Waals surface area contributed by atoms with E-state index in [2.05, 4.69) is 60.5 Å². The molecule has 42 heavy (non-hydrogen) atoms. The van der Waals surface area contributed by atoms with Crippen LogP contribution in [0.4, 0.5) is 0 Å². The van der Waals surface area contributed by atoms with Crippen LogP contribution in [0.1, 0.15) is 82.8 Å². The number of carbonyl (C=O) groups excluding carboxylic acids is 1. The van der Waals surface area contributed by atoms with E-state index in [1.165, 1.54) is 19.4 Å². The van der Waals surface area contributed by atoms with Crippen LogP contribution in [0.2, 0.25) is 0 Å². The highest BCUT2D eigenvalue weighted by Gasteiger charge is 2.25. The molecule has 0 radical (unpaired) electrons. The number of likely N-dealkylation sites (N-methyl/N-ethyl adjacent to an activating group) is 1. The van der Waals surface area contributed by atoms with Gasteiger partial charge in [-0.25, -0.2) is 4.68 Å². The van der Waals surface area contributed by atoms with Crippen LogP contribution in [0.5, 0.6) is 5.75 Å². The molecule has 1 aromatic heterocycles. The van der Waals surface area contributed by atoms with E-state index >= 15 is 0 Å². The summed E-state index contributed by atoms with van der Waals surface area (Å²) in [7, 11) is 0. The number of ether oxygens (including phenoxy) is 2. The van der Waals surface area contributed by atoms with Gasteiger partial charge < -0.3 is 14.8 Å². The molecule has 1 amide bonds. The Bertz CT molecular complexity index is 1570. The molecule has 3 heterocycles. The maximum Gasteiger partial charge on any atom is 0.251 e. The first kappa shape index (κ1) is 28.7. The minimum absolute atomic E-state index is 0.0675. The number of likely N-dealkylation sites (tertiary alicyclic amines) is 1. The summed E-state index contributed by atoms with van der Waals surface area (Å²) in [5, 5.41) is 11.5. The Morgan fingerprint density at radius 1 is 1.02 bits per heavy atom. The Kier molecular flexibility index (Phi) is 8.24. The zero-order chi connectivity index (χ0) is 29.3. The number of amides is 1. The average molecular weight is 569 g/mol. The van der Waals surface area contributed by atoms with Crippen LogP contribution in [0.15, 0.2) is 54.6 Å². The number of fused-ring (bicyclic) bond motifs is 2. The lowest BCUT2D eigenvalue weighted by Crippen LogP contribution is -2.42. The molecule has 0 aliphatic carbocycles. The number of rotatable bonds is 9. The van der Waals surface area contributed by atoms with E-state index in [0.717, 1.165) is 84.1 Å². The van der Waals surface area contributed by atoms with Crippen molar-refractivity contribution in [3.05, 3.63) is 60.2 Å². The molecule has 0 saturated carbocycles. The fourth-order valence-electron chi connectivity index (χ4n) is 6.25. The number of nitrogens with one attached hydrogen (secondary N) is 1. The van der Waals surface area contributed by atoms with Crippen molar-refractivity contribution in [1.82, 2.24) is 20.0 Å². The van der Waals surface area contributed by atoms with E-state index in [4.69, 9.17) is 14.6 Å². The molecule has 0 spiro atoms. The number of aromatic nitrogens is 2. The molecular weight excluding hydrogens is 524 g/mol. The van der Waals surface area contributed by atoms with Gasteiger partial charge in [0.1, 0.15) is 18.1 Å². The lowest BCUT2D eigenvalue weighted by atomic mass is 10.00. The molecule has 7 nitrogen and oxygen atoms in total. The normalized spacial score (nSPS) is 19.9. The number of hydrogen-bond donors (Lipinski definition) is 1. The molecule has 2 fully saturated rings. The van der Waals surface area contributed by atoms with E-state index in [1.807, 2.05) is 36.7 Å². The summed E-state index contributed by atoms with van der Waals surface area (Å²) in [6.07, 6.45) is 6.34. The van der Waals surface area contributed by atoms with Gasteiger partial charge in [0.2, 0.25) is 0 Å². The first-order chi connectivity index (χ1) is 20.3. The van der Waals surface area contributed by atoms with Crippen LogP contribution >= 0.6 is 0 Å². The number of nitrogens with zero attached hydrogens (tertiary/aromatic N) is 3. The minimum Gasteiger partial charge on any atom is -0.492 e. The van der Waals surface area contributed by atoms with Gasteiger partial charge in [-0.05, 0) is 113 Å². The van der Waals surface area contributed by atoms with Gasteiger partial charge in [0.15, 0.2) is 6.23 Å². The van der Waals surface area contributed by atoms with Gasteiger partial charge >= 0.3 is 0 Å². The average Bonchev–Trinajstić information content (AvgIpc) is 3.64. The highest BCUT2D eigenvalue weighted by Crippen LogP contribution is 2.35. The summed E-state index contributed by atoms with van der Waals surface area (Å²) in [5.41, 5.74) is 3.24. The van der Waals surface area contributed by atoms with Crippen LogP contribution < -0.4 is 10.1 Å². The fraction of sp³-hybridized carbons (Fsp3) is 0.486. The minimum atomic E-state index is -0.275. The van der Waals surface area contributed by atoms with Crippen molar-refractivity contribution in [2.24, 2.45) is 0 Å². The quantitative estimate of drug-likeness (QED) is 0.229. The maximum absolute atomic E-state index is 13.2. The van der Waals surface area contributed by atoms with E-state index in [1.54, 1.807) is 0 Å². The van der Waals surface area contributed by atoms with Crippen molar-refractivity contribution < 1.29 is 14.3 Å². The van der Waals surface area contributed by atoms with Gasteiger partial charge in [-0.1, -0.05) is 32.0 Å². The van der Waals surface area contributed by atoms with Crippen molar-refractivity contribution in [2.45, 2.75) is 84.0 Å². The molecular formula is C35H44N4O3. The van der Waals surface area contributed by atoms with Crippen LogP contribution in [-0.4, -0.2) is 58.5 Å². The summed E-state index contributed by atoms with van der Waals surface area (Å²) in [4.78, 5) is 15.7. The van der Waals surface area contributed by atoms with Crippen molar-refractivity contribution in [3.8, 4) is 17.0 Å². The Morgan fingerprint density at radius 2 is 1.86 bits per heavy atom. The summed E-state index contributed by atoms with van der Waals surface area (Å²) in [6.45, 7) is 12.1. The molecule has 1 unspecified atom stereocenters. The molecule has 7 heteroatoms. The highest BCUT2D eigenvalue weighted by atomic mass is 16.5. The Morgan fingerprint density at radius 3 is 2.64 bits per heavy atom. The number of carbonyl (C=O) groups is 1. The van der Waals surface area contributed by atoms with Gasteiger partial charge in [0.25, 0.3) is 5.91 Å². The smallest absolute Gasteiger partial charge is 0.251 e. The first-order valence-corrected chi connectivity index (χ1v) is 15.7. The summed E-state index contributed by atoms with van der Waals surface area (Å²) in [6, 6.07) is 19.2. The first-order valence-electron chi connectivity index (χ1n) is 15.7. The second-order valence-electron chi connectivity index (χ2n) is 12.5. The summed E-state index contributed by atoms with van der Waals surface area (Å²) in [5.74, 6) is 0.843. The van der Waals surface area contributed by atoms with Crippen molar-refractivity contribution >= 4 is 27.6 Å². The lowest BCUT2D eigenvalue weighted by Gasteiger charge is -2.24. The molecule has 1 N–H and O–H groups in total. The van der Waals surface area contributed by atoms with Gasteiger partial charge in [0.05, 0.1) is 5.52 Å². The fourth-order valence-corrected chi connectivity index (χ4v) is 6.25. The van der Waals surface area contributed by atoms with Crippen molar-refractivity contribution in [1.29, 1.82) is 0 Å². The van der Waals surface area contributed by atoms with Crippen LogP contribution in [0.25, 0.3) is 32.9 Å². The Labute approximate surface area is 249 Å². The predicted molar refractivity (Wildman–Crippen MR) is 169 cm³/mol. The van der Waals surface area contributed by atoms with Gasteiger partial charge in [0, 0.05) is 34.7 Å². The van der Waals surface area contributed by atoms with E-state index in [0.29, 0.717) is 11.6 Å². The summed E-state index contributed by atoms with van der Waals surface area (Å²) < 4.78 is 14.4. The predicted octanol–water partition coefficient (Wildman–Crippen LogP) is 7.34. The largest absolute Gasteiger partial charge is 0.492 e. The molecule has 6 rings (SSSR count). The second kappa shape index (κ2) is 12.1. The Hall–Kier alpha value is -3.42. The lowest BCUT2D eigenvalue weighted by molar-refractivity contribution is -0.0365. The zero-order valence-corrected chi connectivity index (χ0v) is 25.5. The monoisotopic (exact) mass is 568 g/mol. The molecule has 2 aliphatic heterocycles. The topological polar surface area (TPSA) is 68.6 Å². The van der Waals surface area contributed by atoms with Crippen LogP contribution in [0.3, 0.4) is 0 Å². The van der Waals surface area contributed by atoms with Crippen LogP contribution in [0, 0.1) is 0 Å². The molecule has 2 aliphatic rings. The maximum atomic E-state index is 13.2. The van der Waals surface area contributed by atoms with E-state index in [-0.39, 0.29) is 17.7 Å². The standard InChI is InChI=1S/C35H44N4O3/c1-5-35(3,4)36-34(40)27-15-17-31-30(22-27)33(37-39(31)32-11-7-8-19-41-32)26-13-12-25-21-29(16-14-24(25)20-26)42-23-28-10-9-18-38(28)6-2/h12-17,20-22,28,32H,5-11,18-19,23H2,1-4H3,(H,36,40)/t28?,32-/m0/s1. The molecule has 2 saturated heterocycles. The van der Waals surface area contributed by atoms with Gasteiger partial charge in [-0.15, -0.1) is 0 Å². The number of hydrogen-bond acceptors (Lipinski definition) is 5. The summed E-state index contributed by atoms with van der Waals surface area (Å²) >= 11 is 0. The molecule has 2 atom stereocenters. The van der Waals surface area contributed by atoms with Gasteiger partial charge in [-0.2, -0.15) is 5.10 Å². The third-order valence-electron chi connectivity index (χ3n) is 9.17. The Balaban J connectivity index is 1.33. The molecule has 3 aromatic carbocycles. The van der Waals surface area contributed by atoms with Gasteiger partial charge in [-0.3, -0.25) is 9.69 Å². The molecule has 0 bridgehead atoms. The van der Waals surface area contributed by atoms with Crippen LogP contribution in [-0.2, 0) is 4.74 Å². The van der Waals surface area contributed by atoms with Crippen molar-refractivity contribution in [3.63, 3.8) is 0 Å².